The minimum absolute atomic E-state index is 0.680. The maximum atomic E-state index is 13.7. The van der Waals surface area contributed by atoms with Crippen LogP contribution in [0, 0.1) is 0 Å². The zero-order valence-electron chi connectivity index (χ0n) is 9.14. The summed E-state index contributed by atoms with van der Waals surface area (Å²) < 4.78 is 19.3. The lowest BCUT2D eigenvalue weighted by Crippen LogP contribution is -2.09. The maximum absolute atomic E-state index is 13.7. The predicted octanol–water partition coefficient (Wildman–Crippen LogP) is 3.09. The van der Waals surface area contributed by atoms with E-state index in [1.54, 1.807) is 19.9 Å². The lowest BCUT2D eigenvalue weighted by molar-refractivity contribution is 0.221. The summed E-state index contributed by atoms with van der Waals surface area (Å²) in [5.41, 5.74) is 0.276. The second kappa shape index (κ2) is 3.72. The maximum Gasteiger partial charge on any atom is 0.142 e. The first-order valence-electron chi connectivity index (χ1n) is 5.27. The molecule has 2 rings (SSSR count). The second-order valence-electron chi connectivity index (χ2n) is 4.31. The number of benzene rings is 1. The molecule has 1 aliphatic rings. The predicted molar refractivity (Wildman–Crippen MR) is 59.2 cm³/mol. The van der Waals surface area contributed by atoms with Gasteiger partial charge in [0.05, 0.1) is 12.3 Å². The molecule has 0 atom stereocenters. The van der Waals surface area contributed by atoms with Gasteiger partial charge in [-0.05, 0) is 38.0 Å². The molecule has 0 amide bonds. The summed E-state index contributed by atoms with van der Waals surface area (Å²) in [5.74, 6) is 0.820. The molecule has 0 spiro atoms. The Morgan fingerprint density at radius 2 is 2.20 bits per heavy atom. The van der Waals surface area contributed by atoms with Crippen molar-refractivity contribution >= 4 is 5.69 Å². The van der Waals surface area contributed by atoms with Gasteiger partial charge in [0.2, 0.25) is 0 Å². The topological polar surface area (TPSA) is 21.3 Å². The molecule has 0 saturated heterocycles. The van der Waals surface area contributed by atoms with Crippen LogP contribution in [0.25, 0.3) is 0 Å². The van der Waals surface area contributed by atoms with Crippen LogP contribution in [0.4, 0.5) is 10.1 Å². The van der Waals surface area contributed by atoms with Crippen LogP contribution in [0.3, 0.4) is 0 Å². The Kier molecular flexibility index (Phi) is 2.55. The average molecular weight is 209 g/mol. The zero-order valence-corrected chi connectivity index (χ0v) is 9.14. The Morgan fingerprint density at radius 1 is 1.40 bits per heavy atom. The number of nitrogens with one attached hydrogen (secondary N) is 1. The molecule has 1 heterocycles. The fraction of sp³-hybridized carbons (Fsp3) is 0.500. The first kappa shape index (κ1) is 10.3. The molecule has 0 saturated carbocycles. The van der Waals surface area contributed by atoms with Gasteiger partial charge in [0, 0.05) is 6.54 Å². The Balaban J connectivity index is 2.36. The average Bonchev–Trinajstić information content (AvgIpc) is 2.39. The summed E-state index contributed by atoms with van der Waals surface area (Å²) in [6.45, 7) is 4.72. The summed E-state index contributed by atoms with van der Waals surface area (Å²) in [5, 5.41) is 3.25. The third kappa shape index (κ3) is 2.22. The van der Waals surface area contributed by atoms with Gasteiger partial charge in [-0.15, -0.1) is 0 Å². The van der Waals surface area contributed by atoms with Crippen molar-refractivity contribution in [2.24, 2.45) is 0 Å². The number of hydrogen-bond acceptors (Lipinski definition) is 2. The van der Waals surface area contributed by atoms with Crippen molar-refractivity contribution in [2.45, 2.75) is 25.9 Å². The quantitative estimate of drug-likeness (QED) is 0.767. The summed E-state index contributed by atoms with van der Waals surface area (Å²) in [7, 11) is 0. The van der Waals surface area contributed by atoms with Crippen molar-refractivity contribution in [3.05, 3.63) is 23.8 Å². The van der Waals surface area contributed by atoms with E-state index in [-0.39, 0.29) is 0 Å². The van der Waals surface area contributed by atoms with Crippen LogP contribution in [0.5, 0.6) is 5.75 Å². The molecule has 0 aromatic heterocycles. The molecule has 2 nitrogen and oxygen atoms in total. The van der Waals surface area contributed by atoms with E-state index in [1.165, 1.54) is 0 Å². The molecular formula is C12H16FNO. The van der Waals surface area contributed by atoms with Crippen LogP contribution in [-0.4, -0.2) is 13.2 Å². The number of anilines is 1. The van der Waals surface area contributed by atoms with Gasteiger partial charge in [-0.3, -0.25) is 0 Å². The molecule has 1 aliphatic heterocycles. The van der Waals surface area contributed by atoms with Crippen molar-refractivity contribution in [2.75, 3.05) is 18.5 Å². The number of ether oxygens (including phenoxy) is 1. The number of alkyl halides is 1. The van der Waals surface area contributed by atoms with Gasteiger partial charge < -0.3 is 10.1 Å². The summed E-state index contributed by atoms with van der Waals surface area (Å²) in [6.07, 6.45) is 0.975. The van der Waals surface area contributed by atoms with Crippen molar-refractivity contribution in [1.82, 2.24) is 0 Å². The van der Waals surface area contributed by atoms with Gasteiger partial charge in [0.25, 0.3) is 0 Å². The van der Waals surface area contributed by atoms with E-state index in [2.05, 4.69) is 5.32 Å². The Morgan fingerprint density at radius 3 is 2.93 bits per heavy atom. The summed E-state index contributed by atoms with van der Waals surface area (Å²) >= 11 is 0. The van der Waals surface area contributed by atoms with Gasteiger partial charge in [-0.25, -0.2) is 4.39 Å². The van der Waals surface area contributed by atoms with E-state index in [0.717, 1.165) is 31.0 Å². The molecule has 15 heavy (non-hydrogen) atoms. The fourth-order valence-electron chi connectivity index (χ4n) is 1.64. The largest absolute Gasteiger partial charge is 0.491 e. The zero-order chi connectivity index (χ0) is 10.9. The standard InChI is InChI=1S/C12H16FNO/c1-12(2,13)9-4-5-11-10(8-9)14-6-3-7-15-11/h4-5,8,14H,3,6-7H2,1-2H3. The van der Waals surface area contributed by atoms with Crippen molar-refractivity contribution < 1.29 is 9.13 Å². The monoisotopic (exact) mass is 209 g/mol. The first-order chi connectivity index (χ1) is 7.07. The summed E-state index contributed by atoms with van der Waals surface area (Å²) in [4.78, 5) is 0. The van der Waals surface area contributed by atoms with Gasteiger partial charge in [0.15, 0.2) is 0 Å². The van der Waals surface area contributed by atoms with Crippen LogP contribution in [0.15, 0.2) is 18.2 Å². The van der Waals surface area contributed by atoms with Crippen LogP contribution < -0.4 is 10.1 Å². The number of rotatable bonds is 1. The lowest BCUT2D eigenvalue weighted by Gasteiger charge is -2.17. The molecule has 1 N–H and O–H groups in total. The third-order valence-corrected chi connectivity index (χ3v) is 2.56. The highest BCUT2D eigenvalue weighted by atomic mass is 19.1. The minimum atomic E-state index is -1.30. The molecule has 0 unspecified atom stereocenters. The van der Waals surface area contributed by atoms with Crippen LogP contribution >= 0.6 is 0 Å². The number of fused-ring (bicyclic) bond motifs is 1. The van der Waals surface area contributed by atoms with Gasteiger partial charge in [-0.1, -0.05) is 6.07 Å². The van der Waals surface area contributed by atoms with E-state index < -0.39 is 5.67 Å². The van der Waals surface area contributed by atoms with Gasteiger partial charge >= 0.3 is 0 Å². The fourth-order valence-corrected chi connectivity index (χ4v) is 1.64. The number of hydrogen-bond donors (Lipinski definition) is 1. The second-order valence-corrected chi connectivity index (χ2v) is 4.31. The molecular weight excluding hydrogens is 193 g/mol. The summed E-state index contributed by atoms with van der Waals surface area (Å²) in [6, 6.07) is 5.46. The van der Waals surface area contributed by atoms with E-state index in [0.29, 0.717) is 5.56 Å². The molecule has 0 fully saturated rings. The third-order valence-electron chi connectivity index (χ3n) is 2.56. The minimum Gasteiger partial charge on any atom is -0.491 e. The van der Waals surface area contributed by atoms with Gasteiger partial charge in [-0.2, -0.15) is 0 Å². The lowest BCUT2D eigenvalue weighted by atomic mass is 9.99. The van der Waals surface area contributed by atoms with Crippen LogP contribution in [-0.2, 0) is 5.67 Å². The molecule has 1 aromatic rings. The highest BCUT2D eigenvalue weighted by Crippen LogP contribution is 2.33. The molecule has 82 valence electrons. The van der Waals surface area contributed by atoms with E-state index in [1.807, 2.05) is 12.1 Å². The molecule has 3 heteroatoms. The molecule has 0 aliphatic carbocycles. The van der Waals surface area contributed by atoms with Crippen molar-refractivity contribution in [3.63, 3.8) is 0 Å². The van der Waals surface area contributed by atoms with Crippen LogP contribution in [0.2, 0.25) is 0 Å². The van der Waals surface area contributed by atoms with E-state index in [9.17, 15) is 4.39 Å². The van der Waals surface area contributed by atoms with Gasteiger partial charge in [0.1, 0.15) is 11.4 Å². The Hall–Kier alpha value is -1.25. The SMILES string of the molecule is CC(C)(F)c1ccc2c(c1)NCCCO2. The molecule has 1 aromatic carbocycles. The van der Waals surface area contributed by atoms with Crippen molar-refractivity contribution in [3.8, 4) is 5.75 Å². The van der Waals surface area contributed by atoms with E-state index in [4.69, 9.17) is 4.74 Å². The molecule has 0 radical (unpaired) electrons. The number of halogens is 1. The van der Waals surface area contributed by atoms with Crippen LogP contribution in [0.1, 0.15) is 25.8 Å². The normalized spacial score (nSPS) is 15.9. The smallest absolute Gasteiger partial charge is 0.142 e. The Labute approximate surface area is 89.4 Å². The molecule has 0 bridgehead atoms. The Bertz CT molecular complexity index is 357. The van der Waals surface area contributed by atoms with E-state index >= 15 is 0 Å². The highest BCUT2D eigenvalue weighted by Gasteiger charge is 2.20. The van der Waals surface area contributed by atoms with Crippen molar-refractivity contribution in [1.29, 1.82) is 0 Å². The first-order valence-corrected chi connectivity index (χ1v) is 5.27. The highest BCUT2D eigenvalue weighted by molar-refractivity contribution is 5.59.